The van der Waals surface area contributed by atoms with E-state index in [4.69, 9.17) is 11.5 Å². The topological polar surface area (TPSA) is 139 Å². The number of hydrogen-bond acceptors (Lipinski definition) is 7. The summed E-state index contributed by atoms with van der Waals surface area (Å²) in [5.41, 5.74) is 13.5. The highest BCUT2D eigenvalue weighted by molar-refractivity contribution is 5.95. The van der Waals surface area contributed by atoms with Crippen molar-refractivity contribution >= 4 is 28.6 Å². The minimum absolute atomic E-state index is 0.0250. The number of piperidine rings is 1. The number of fused-ring (bicyclic) bond motifs is 1. The van der Waals surface area contributed by atoms with Crippen molar-refractivity contribution in [3.63, 3.8) is 0 Å². The van der Waals surface area contributed by atoms with Crippen molar-refractivity contribution in [1.82, 2.24) is 24.8 Å². The maximum Gasteiger partial charge on any atom is 0.417 e. The average molecular weight is 539 g/mol. The third-order valence-electron chi connectivity index (χ3n) is 7.27. The molecule has 6 N–H and O–H groups in total. The molecule has 0 saturated carbocycles. The van der Waals surface area contributed by atoms with Crippen LogP contribution in [0.4, 0.5) is 24.8 Å². The van der Waals surface area contributed by atoms with Crippen LogP contribution in [0.3, 0.4) is 0 Å². The zero-order valence-corrected chi connectivity index (χ0v) is 21.2. The standard InChI is InChI=1S/C27H29F3N8O/c1-15(16-7-9-38(10-8-16)25(39)22(32)17-5-3-2-4-6-17)36-26-35-14-21(31)23(37-26)20-13-34-24-19(20)11-18(12-33-24)27(28,29)30/h2-6,11-16,22H,7-10,31-32H2,1H3,(H,33,34)(H,35,36,37)/t15-,22-/m1/s1. The molecule has 1 saturated heterocycles. The van der Waals surface area contributed by atoms with Crippen LogP contribution in [0.2, 0.25) is 0 Å². The van der Waals surface area contributed by atoms with Crippen molar-refractivity contribution < 1.29 is 18.0 Å². The number of H-pyrrole nitrogens is 1. The Morgan fingerprint density at radius 2 is 1.87 bits per heavy atom. The number of nitrogens with two attached hydrogens (primary N) is 2. The molecule has 3 aromatic heterocycles. The number of aromatic nitrogens is 4. The SMILES string of the molecule is C[C@@H](Nc1ncc(N)c(-c2c[nH]c3ncc(C(F)(F)F)cc23)n1)C1CCN(C(=O)[C@H](N)c2ccccc2)CC1. The first-order valence-corrected chi connectivity index (χ1v) is 12.6. The zero-order chi connectivity index (χ0) is 27.7. The van der Waals surface area contributed by atoms with Gasteiger partial charge in [0.15, 0.2) is 0 Å². The quantitative estimate of drug-likeness (QED) is 0.286. The van der Waals surface area contributed by atoms with E-state index in [1.165, 1.54) is 12.4 Å². The number of likely N-dealkylation sites (tertiary alicyclic amines) is 1. The number of carbonyl (C=O) groups excluding carboxylic acids is 1. The lowest BCUT2D eigenvalue weighted by molar-refractivity contribution is -0.137. The maximum atomic E-state index is 13.3. The minimum Gasteiger partial charge on any atom is -0.396 e. The average Bonchev–Trinajstić information content (AvgIpc) is 3.36. The van der Waals surface area contributed by atoms with Crippen LogP contribution in [-0.2, 0) is 11.0 Å². The number of carbonyl (C=O) groups is 1. The van der Waals surface area contributed by atoms with Crippen molar-refractivity contribution in [2.45, 2.75) is 38.0 Å². The van der Waals surface area contributed by atoms with E-state index in [-0.39, 0.29) is 28.9 Å². The molecule has 5 rings (SSSR count). The fourth-order valence-electron chi connectivity index (χ4n) is 4.97. The summed E-state index contributed by atoms with van der Waals surface area (Å²) in [4.78, 5) is 30.3. The van der Waals surface area contributed by atoms with Crippen molar-refractivity contribution in [2.75, 3.05) is 24.1 Å². The number of alkyl halides is 3. The fourth-order valence-corrected chi connectivity index (χ4v) is 4.97. The molecule has 4 heterocycles. The third kappa shape index (κ3) is 5.51. The van der Waals surface area contributed by atoms with E-state index in [0.717, 1.165) is 30.7 Å². The van der Waals surface area contributed by atoms with E-state index in [1.807, 2.05) is 37.3 Å². The largest absolute Gasteiger partial charge is 0.417 e. The molecular weight excluding hydrogens is 509 g/mol. The molecule has 12 heteroatoms. The van der Waals surface area contributed by atoms with Gasteiger partial charge in [0.2, 0.25) is 11.9 Å². The summed E-state index contributed by atoms with van der Waals surface area (Å²) in [6.45, 7) is 3.20. The number of amides is 1. The van der Waals surface area contributed by atoms with Gasteiger partial charge in [-0.25, -0.2) is 15.0 Å². The van der Waals surface area contributed by atoms with Crippen molar-refractivity contribution in [1.29, 1.82) is 0 Å². The van der Waals surface area contributed by atoms with Crippen LogP contribution in [-0.4, -0.2) is 49.9 Å². The zero-order valence-electron chi connectivity index (χ0n) is 21.2. The Labute approximate surface area is 222 Å². The molecule has 0 spiro atoms. The van der Waals surface area contributed by atoms with Crippen molar-refractivity contribution in [2.24, 2.45) is 11.7 Å². The second-order valence-electron chi connectivity index (χ2n) is 9.80. The van der Waals surface area contributed by atoms with E-state index in [2.05, 4.69) is 25.3 Å². The number of halogens is 3. The second kappa shape index (κ2) is 10.5. The van der Waals surface area contributed by atoms with E-state index in [9.17, 15) is 18.0 Å². The highest BCUT2D eigenvalue weighted by atomic mass is 19.4. The number of hydrogen-bond donors (Lipinski definition) is 4. The number of nitrogens with one attached hydrogen (secondary N) is 2. The minimum atomic E-state index is -4.53. The third-order valence-corrected chi connectivity index (χ3v) is 7.27. The summed E-state index contributed by atoms with van der Waals surface area (Å²) < 4.78 is 39.8. The van der Waals surface area contributed by atoms with Crippen LogP contribution in [0.25, 0.3) is 22.3 Å². The fraction of sp³-hybridized carbons (Fsp3) is 0.333. The van der Waals surface area contributed by atoms with Crippen molar-refractivity contribution in [3.05, 3.63) is 66.1 Å². The molecule has 0 aliphatic carbocycles. The van der Waals surface area contributed by atoms with Gasteiger partial charge < -0.3 is 26.7 Å². The van der Waals surface area contributed by atoms with Gasteiger partial charge >= 0.3 is 6.18 Å². The van der Waals surface area contributed by atoms with Crippen LogP contribution < -0.4 is 16.8 Å². The molecule has 2 atom stereocenters. The highest BCUT2D eigenvalue weighted by Gasteiger charge is 2.32. The van der Waals surface area contributed by atoms with Gasteiger partial charge in [0, 0.05) is 42.5 Å². The van der Waals surface area contributed by atoms with Gasteiger partial charge in [-0.2, -0.15) is 13.2 Å². The molecule has 9 nitrogen and oxygen atoms in total. The second-order valence-corrected chi connectivity index (χ2v) is 9.80. The summed E-state index contributed by atoms with van der Waals surface area (Å²) in [5, 5.41) is 3.57. The Hall–Kier alpha value is -4.19. The highest BCUT2D eigenvalue weighted by Crippen LogP contribution is 2.35. The van der Waals surface area contributed by atoms with E-state index in [0.29, 0.717) is 35.9 Å². The summed E-state index contributed by atoms with van der Waals surface area (Å²) in [7, 11) is 0. The maximum absolute atomic E-state index is 13.3. The van der Waals surface area contributed by atoms with Gasteiger partial charge in [-0.15, -0.1) is 0 Å². The number of anilines is 2. The predicted octanol–water partition coefficient (Wildman–Crippen LogP) is 4.36. The predicted molar refractivity (Wildman–Crippen MR) is 142 cm³/mol. The van der Waals surface area contributed by atoms with Crippen LogP contribution in [0.15, 0.2) is 55.0 Å². The molecule has 4 aromatic rings. The van der Waals surface area contributed by atoms with Gasteiger partial charge in [0.25, 0.3) is 0 Å². The summed E-state index contributed by atoms with van der Waals surface area (Å²) in [5.74, 6) is 0.470. The van der Waals surface area contributed by atoms with Gasteiger partial charge in [-0.05, 0) is 37.3 Å². The molecular formula is C27H29F3N8O. The normalized spacial score (nSPS) is 16.3. The first-order valence-electron chi connectivity index (χ1n) is 12.6. The van der Waals surface area contributed by atoms with Gasteiger partial charge in [-0.1, -0.05) is 30.3 Å². The van der Waals surface area contributed by atoms with E-state index >= 15 is 0 Å². The van der Waals surface area contributed by atoms with Crippen molar-refractivity contribution in [3.8, 4) is 11.3 Å². The van der Waals surface area contributed by atoms with Gasteiger partial charge in [0.1, 0.15) is 17.4 Å². The van der Waals surface area contributed by atoms with E-state index in [1.54, 1.807) is 4.90 Å². The molecule has 0 bridgehead atoms. The van der Waals surface area contributed by atoms with Gasteiger partial charge in [-0.3, -0.25) is 4.79 Å². The molecule has 39 heavy (non-hydrogen) atoms. The van der Waals surface area contributed by atoms with Crippen LogP contribution >= 0.6 is 0 Å². The summed E-state index contributed by atoms with van der Waals surface area (Å²) in [6.07, 6.45) is 0.784. The molecule has 0 radical (unpaired) electrons. The number of pyridine rings is 1. The number of nitrogens with zero attached hydrogens (tertiary/aromatic N) is 4. The van der Waals surface area contributed by atoms with Crippen LogP contribution in [0, 0.1) is 5.92 Å². The number of benzene rings is 1. The van der Waals surface area contributed by atoms with Gasteiger partial charge in [0.05, 0.1) is 17.4 Å². The molecule has 1 aliphatic rings. The molecule has 204 valence electrons. The first kappa shape index (κ1) is 26.4. The monoisotopic (exact) mass is 538 g/mol. The molecule has 1 fully saturated rings. The summed E-state index contributed by atoms with van der Waals surface area (Å²) >= 11 is 0. The molecule has 1 aliphatic heterocycles. The Kier molecular flexibility index (Phi) is 7.13. The Balaban J connectivity index is 1.27. The molecule has 1 amide bonds. The molecule has 1 aromatic carbocycles. The number of rotatable bonds is 6. The Morgan fingerprint density at radius 1 is 1.15 bits per heavy atom. The molecule has 0 unspecified atom stereocenters. The van der Waals surface area contributed by atoms with E-state index < -0.39 is 17.8 Å². The lowest BCUT2D eigenvalue weighted by atomic mass is 9.90. The lowest BCUT2D eigenvalue weighted by Crippen LogP contribution is -2.45. The number of aromatic amines is 1. The first-order chi connectivity index (χ1) is 18.6. The Bertz CT molecular complexity index is 1470. The number of nitrogen functional groups attached to an aromatic ring is 1. The van der Waals surface area contributed by atoms with Crippen LogP contribution in [0.5, 0.6) is 0 Å². The Morgan fingerprint density at radius 3 is 2.56 bits per heavy atom. The van der Waals surface area contributed by atoms with Crippen LogP contribution in [0.1, 0.15) is 36.9 Å². The lowest BCUT2D eigenvalue weighted by Gasteiger charge is -2.36. The summed E-state index contributed by atoms with van der Waals surface area (Å²) in [6, 6.07) is 9.63. The smallest absolute Gasteiger partial charge is 0.396 e.